The number of anilines is 1. The van der Waals surface area contributed by atoms with Crippen molar-refractivity contribution in [2.75, 3.05) is 30.3 Å². The molecule has 0 N–H and O–H groups in total. The number of methoxy groups -OCH3 is 1. The van der Waals surface area contributed by atoms with E-state index in [0.717, 1.165) is 17.5 Å². The maximum atomic E-state index is 13.5. The van der Waals surface area contributed by atoms with Gasteiger partial charge in [0.2, 0.25) is 20.0 Å². The van der Waals surface area contributed by atoms with Gasteiger partial charge in [-0.2, -0.15) is 4.31 Å². The van der Waals surface area contributed by atoms with Crippen LogP contribution in [0, 0.1) is 0 Å². The predicted octanol–water partition coefficient (Wildman–Crippen LogP) is 2.37. The van der Waals surface area contributed by atoms with E-state index >= 15 is 0 Å². The zero-order chi connectivity index (χ0) is 20.6. The lowest BCUT2D eigenvalue weighted by Crippen LogP contribution is -2.38. The molecule has 7 nitrogen and oxygen atoms in total. The van der Waals surface area contributed by atoms with Crippen LogP contribution in [0.1, 0.15) is 24.0 Å². The molecule has 0 amide bonds. The molecule has 156 valence electrons. The Kier molecular flexibility index (Phi) is 5.30. The van der Waals surface area contributed by atoms with Crippen LogP contribution in [-0.4, -0.2) is 47.1 Å². The Morgan fingerprint density at radius 1 is 1.00 bits per heavy atom. The molecule has 2 aromatic rings. The molecule has 0 atom stereocenters. The maximum Gasteiger partial charge on any atom is 0.247 e. The lowest BCUT2D eigenvalue weighted by molar-refractivity contribution is 0.378. The smallest absolute Gasteiger partial charge is 0.247 e. The van der Waals surface area contributed by atoms with Crippen molar-refractivity contribution in [3.05, 3.63) is 53.6 Å². The Morgan fingerprint density at radius 2 is 1.76 bits per heavy atom. The van der Waals surface area contributed by atoms with E-state index in [9.17, 15) is 16.8 Å². The fraction of sp³-hybridized carbons (Fsp3) is 0.400. The van der Waals surface area contributed by atoms with Gasteiger partial charge in [-0.25, -0.2) is 16.8 Å². The molecule has 1 fully saturated rings. The summed E-state index contributed by atoms with van der Waals surface area (Å²) in [5, 5.41) is 0. The average molecular weight is 437 g/mol. The molecule has 0 unspecified atom stereocenters. The van der Waals surface area contributed by atoms with Crippen molar-refractivity contribution in [1.29, 1.82) is 0 Å². The molecule has 2 aliphatic rings. The van der Waals surface area contributed by atoms with Gasteiger partial charge in [0.05, 0.1) is 18.6 Å². The van der Waals surface area contributed by atoms with Crippen LogP contribution >= 0.6 is 0 Å². The molecule has 4 rings (SSSR count). The van der Waals surface area contributed by atoms with E-state index in [-0.39, 0.29) is 22.9 Å². The molecule has 0 bridgehead atoms. The topological polar surface area (TPSA) is 84.0 Å². The third-order valence-electron chi connectivity index (χ3n) is 5.50. The highest BCUT2D eigenvalue weighted by atomic mass is 32.2. The highest BCUT2D eigenvalue weighted by Gasteiger charge is 2.33. The van der Waals surface area contributed by atoms with E-state index in [0.29, 0.717) is 31.6 Å². The molecule has 0 aliphatic carbocycles. The molecule has 2 heterocycles. The summed E-state index contributed by atoms with van der Waals surface area (Å²) in [5.74, 6) is 0.284. The predicted molar refractivity (Wildman–Crippen MR) is 111 cm³/mol. The van der Waals surface area contributed by atoms with Crippen LogP contribution < -0.4 is 9.04 Å². The zero-order valence-corrected chi connectivity index (χ0v) is 17.9. The summed E-state index contributed by atoms with van der Waals surface area (Å²) < 4.78 is 59.9. The Hall–Kier alpha value is -2.10. The Morgan fingerprint density at radius 3 is 2.48 bits per heavy atom. The molecule has 0 radical (unpaired) electrons. The van der Waals surface area contributed by atoms with Crippen molar-refractivity contribution >= 4 is 25.7 Å². The normalized spacial score (nSPS) is 19.6. The summed E-state index contributed by atoms with van der Waals surface area (Å²) in [6.07, 6.45) is 2.00. The van der Waals surface area contributed by atoms with E-state index in [1.165, 1.54) is 27.9 Å². The van der Waals surface area contributed by atoms with Crippen LogP contribution in [0.5, 0.6) is 5.75 Å². The largest absolute Gasteiger partial charge is 0.495 e. The number of benzene rings is 2. The number of hydrogen-bond donors (Lipinski definition) is 0. The van der Waals surface area contributed by atoms with Crippen LogP contribution in [0.15, 0.2) is 47.4 Å². The molecule has 0 aromatic heterocycles. The molecule has 29 heavy (non-hydrogen) atoms. The number of fused-ring (bicyclic) bond motifs is 1. The minimum absolute atomic E-state index is 0.00217. The van der Waals surface area contributed by atoms with E-state index in [1.807, 2.05) is 24.3 Å². The highest BCUT2D eigenvalue weighted by molar-refractivity contribution is 7.92. The summed E-state index contributed by atoms with van der Waals surface area (Å²) in [5.41, 5.74) is 2.50. The molecule has 9 heteroatoms. The van der Waals surface area contributed by atoms with E-state index < -0.39 is 20.0 Å². The van der Waals surface area contributed by atoms with Gasteiger partial charge in [-0.1, -0.05) is 24.3 Å². The van der Waals surface area contributed by atoms with E-state index in [4.69, 9.17) is 4.74 Å². The van der Waals surface area contributed by atoms with Gasteiger partial charge in [-0.05, 0) is 48.6 Å². The summed E-state index contributed by atoms with van der Waals surface area (Å²) in [4.78, 5) is -0.00217. The summed E-state index contributed by atoms with van der Waals surface area (Å²) in [6.45, 7) is 1.01. The Labute approximate surface area is 172 Å². The second-order valence-corrected chi connectivity index (χ2v) is 11.2. The van der Waals surface area contributed by atoms with Gasteiger partial charge in [0.25, 0.3) is 0 Å². The number of nitrogens with zero attached hydrogens (tertiary/aromatic N) is 2. The van der Waals surface area contributed by atoms with E-state index in [2.05, 4.69) is 0 Å². The van der Waals surface area contributed by atoms with Crippen LogP contribution in [0.3, 0.4) is 0 Å². The first-order valence-corrected chi connectivity index (χ1v) is 12.6. The van der Waals surface area contributed by atoms with Gasteiger partial charge in [-0.15, -0.1) is 0 Å². The second kappa shape index (κ2) is 7.62. The van der Waals surface area contributed by atoms with Crippen molar-refractivity contribution < 1.29 is 21.6 Å². The fourth-order valence-corrected chi connectivity index (χ4v) is 7.14. The van der Waals surface area contributed by atoms with Crippen molar-refractivity contribution in [1.82, 2.24) is 4.31 Å². The van der Waals surface area contributed by atoms with Gasteiger partial charge in [0, 0.05) is 19.6 Å². The summed E-state index contributed by atoms with van der Waals surface area (Å²) in [6, 6.07) is 12.4. The van der Waals surface area contributed by atoms with Crippen LogP contribution in [-0.2, 0) is 33.0 Å². The van der Waals surface area contributed by atoms with Crippen LogP contribution in [0.2, 0.25) is 0 Å². The van der Waals surface area contributed by atoms with Gasteiger partial charge in [-0.3, -0.25) is 4.31 Å². The first-order chi connectivity index (χ1) is 13.8. The van der Waals surface area contributed by atoms with Gasteiger partial charge >= 0.3 is 0 Å². The minimum atomic E-state index is -3.86. The average Bonchev–Trinajstić information content (AvgIpc) is 2.72. The second-order valence-electron chi connectivity index (χ2n) is 7.29. The lowest BCUT2D eigenvalue weighted by Gasteiger charge is -2.30. The fourth-order valence-electron chi connectivity index (χ4n) is 3.92. The van der Waals surface area contributed by atoms with Gasteiger partial charge in [0.15, 0.2) is 0 Å². The highest BCUT2D eigenvalue weighted by Crippen LogP contribution is 2.35. The molecule has 0 saturated carbocycles. The monoisotopic (exact) mass is 436 g/mol. The van der Waals surface area contributed by atoms with Crippen molar-refractivity contribution in [2.45, 2.75) is 30.7 Å². The molecular weight excluding hydrogens is 412 g/mol. The molecule has 0 spiro atoms. The zero-order valence-electron chi connectivity index (χ0n) is 16.2. The van der Waals surface area contributed by atoms with Gasteiger partial charge < -0.3 is 4.74 Å². The molecular formula is C20H24N2O5S2. The number of rotatable bonds is 4. The summed E-state index contributed by atoms with van der Waals surface area (Å²) in [7, 11) is -5.88. The van der Waals surface area contributed by atoms with Crippen molar-refractivity contribution in [2.24, 2.45) is 0 Å². The number of ether oxygens (including phenoxy) is 1. The molecule has 1 saturated heterocycles. The van der Waals surface area contributed by atoms with Crippen molar-refractivity contribution in [3.8, 4) is 5.75 Å². The number of hydrogen-bond acceptors (Lipinski definition) is 5. The van der Waals surface area contributed by atoms with Gasteiger partial charge in [0.1, 0.15) is 10.6 Å². The Balaban J connectivity index is 1.73. The number of sulfonamides is 2. The van der Waals surface area contributed by atoms with Crippen LogP contribution in [0.4, 0.5) is 5.69 Å². The minimum Gasteiger partial charge on any atom is -0.495 e. The molecule has 2 aromatic carbocycles. The van der Waals surface area contributed by atoms with Crippen LogP contribution in [0.25, 0.3) is 0 Å². The standard InChI is InChI=1S/C20H24N2O5S2/c1-27-19-9-8-18(22-11-4-5-13-28(22,23)24)14-20(19)29(25,26)21-12-10-16-6-2-3-7-17(16)15-21/h2-3,6-9,14H,4-5,10-13,15H2,1H3. The van der Waals surface area contributed by atoms with Crippen molar-refractivity contribution in [3.63, 3.8) is 0 Å². The molecule has 2 aliphatic heterocycles. The maximum absolute atomic E-state index is 13.5. The quantitative estimate of drug-likeness (QED) is 0.735. The van der Waals surface area contributed by atoms with E-state index in [1.54, 1.807) is 6.07 Å². The third-order valence-corrected chi connectivity index (χ3v) is 9.23. The Bertz CT molecular complexity index is 1130. The first-order valence-electron chi connectivity index (χ1n) is 9.58. The summed E-state index contributed by atoms with van der Waals surface area (Å²) >= 11 is 0. The third kappa shape index (κ3) is 3.74. The SMILES string of the molecule is COc1ccc(N2CCCCS2(=O)=O)cc1S(=O)(=O)N1CCc2ccccc2C1. The first kappa shape index (κ1) is 20.2. The lowest BCUT2D eigenvalue weighted by atomic mass is 10.0.